The van der Waals surface area contributed by atoms with Gasteiger partial charge in [0, 0.05) is 23.5 Å². The smallest absolute Gasteiger partial charge is 0.0896 e. The Balaban J connectivity index is 2.15. The molecule has 3 heteroatoms. The van der Waals surface area contributed by atoms with E-state index in [-0.39, 0.29) is 0 Å². The first-order valence-electron chi connectivity index (χ1n) is 3.99. The maximum Gasteiger partial charge on any atom is 0.0896 e. The van der Waals surface area contributed by atoms with E-state index in [1.165, 1.54) is 22.9 Å². The van der Waals surface area contributed by atoms with Gasteiger partial charge in [0.05, 0.1) is 5.01 Å². The fraction of sp³-hybridized carbons (Fsp3) is 0.625. The van der Waals surface area contributed by atoms with Gasteiger partial charge in [-0.15, -0.1) is 11.3 Å². The van der Waals surface area contributed by atoms with Crippen molar-refractivity contribution >= 4 is 11.3 Å². The largest absolute Gasteiger partial charge is 0.316 e. The molecule has 60 valence electrons. The Hall–Kier alpha value is -0.410. The maximum atomic E-state index is 4.25. The van der Waals surface area contributed by atoms with E-state index in [0.717, 1.165) is 12.5 Å². The van der Waals surface area contributed by atoms with Gasteiger partial charge in [0.25, 0.3) is 0 Å². The van der Waals surface area contributed by atoms with E-state index in [4.69, 9.17) is 0 Å². The molecular formula is C8H12N2S. The topological polar surface area (TPSA) is 24.9 Å². The average molecular weight is 168 g/mol. The minimum Gasteiger partial charge on any atom is -0.316 e. The van der Waals surface area contributed by atoms with E-state index in [1.807, 2.05) is 17.5 Å². The number of aromatic nitrogens is 1. The second-order valence-corrected chi connectivity index (χ2v) is 4.24. The van der Waals surface area contributed by atoms with Gasteiger partial charge in [-0.2, -0.15) is 0 Å². The monoisotopic (exact) mass is 168 g/mol. The van der Waals surface area contributed by atoms with Crippen molar-refractivity contribution in [3.8, 4) is 0 Å². The standard InChI is InChI=1S/C8H12N2S/c1-6-10-5-8(11-6)7-2-3-9-4-7/h5,7,9H,2-4H2,1H3. The van der Waals surface area contributed by atoms with E-state index >= 15 is 0 Å². The first-order chi connectivity index (χ1) is 5.36. The van der Waals surface area contributed by atoms with E-state index in [1.54, 1.807) is 0 Å². The molecule has 1 unspecified atom stereocenters. The molecule has 1 aromatic heterocycles. The lowest BCUT2D eigenvalue weighted by Crippen LogP contribution is -2.07. The summed E-state index contributed by atoms with van der Waals surface area (Å²) in [5, 5.41) is 4.55. The van der Waals surface area contributed by atoms with Crippen LogP contribution in [-0.2, 0) is 0 Å². The predicted molar refractivity (Wildman–Crippen MR) is 47.1 cm³/mol. The van der Waals surface area contributed by atoms with E-state index in [0.29, 0.717) is 0 Å². The lowest BCUT2D eigenvalue weighted by Gasteiger charge is -2.01. The van der Waals surface area contributed by atoms with Gasteiger partial charge in [0.15, 0.2) is 0 Å². The second kappa shape index (κ2) is 2.91. The Labute approximate surface area is 70.7 Å². The molecule has 2 heterocycles. The Morgan fingerprint density at radius 1 is 1.73 bits per heavy atom. The third-order valence-electron chi connectivity index (χ3n) is 2.10. The molecule has 0 aromatic carbocycles. The molecule has 0 aliphatic carbocycles. The summed E-state index contributed by atoms with van der Waals surface area (Å²) in [7, 11) is 0. The molecule has 1 aliphatic rings. The van der Waals surface area contributed by atoms with Crippen LogP contribution >= 0.6 is 11.3 Å². The molecule has 2 rings (SSSR count). The molecule has 0 radical (unpaired) electrons. The van der Waals surface area contributed by atoms with Crippen molar-refractivity contribution in [2.24, 2.45) is 0 Å². The third-order valence-corrected chi connectivity index (χ3v) is 3.18. The van der Waals surface area contributed by atoms with Crippen LogP contribution in [0, 0.1) is 6.92 Å². The summed E-state index contributed by atoms with van der Waals surface area (Å²) in [6.45, 7) is 4.37. The highest BCUT2D eigenvalue weighted by Crippen LogP contribution is 2.26. The first-order valence-corrected chi connectivity index (χ1v) is 4.81. The van der Waals surface area contributed by atoms with Crippen LogP contribution in [0.25, 0.3) is 0 Å². The van der Waals surface area contributed by atoms with Crippen LogP contribution in [0.3, 0.4) is 0 Å². The van der Waals surface area contributed by atoms with Crippen LogP contribution in [0.2, 0.25) is 0 Å². The minimum absolute atomic E-state index is 0.737. The van der Waals surface area contributed by atoms with Crippen molar-refractivity contribution in [2.75, 3.05) is 13.1 Å². The molecule has 1 aromatic rings. The summed E-state index contributed by atoms with van der Waals surface area (Å²) in [6.07, 6.45) is 3.30. The molecule has 11 heavy (non-hydrogen) atoms. The molecule has 0 saturated carbocycles. The van der Waals surface area contributed by atoms with Crippen LogP contribution in [-0.4, -0.2) is 18.1 Å². The van der Waals surface area contributed by atoms with Crippen LogP contribution < -0.4 is 5.32 Å². The molecule has 0 amide bonds. The fourth-order valence-electron chi connectivity index (χ4n) is 1.46. The quantitative estimate of drug-likeness (QED) is 0.688. The molecule has 2 nitrogen and oxygen atoms in total. The Morgan fingerprint density at radius 3 is 3.18 bits per heavy atom. The lowest BCUT2D eigenvalue weighted by molar-refractivity contribution is 0.776. The number of thiazole rings is 1. The lowest BCUT2D eigenvalue weighted by atomic mass is 10.1. The van der Waals surface area contributed by atoms with Crippen LogP contribution in [0.4, 0.5) is 0 Å². The summed E-state index contributed by atoms with van der Waals surface area (Å²) in [5.74, 6) is 0.737. The zero-order valence-corrected chi connectivity index (χ0v) is 7.45. The SMILES string of the molecule is Cc1ncc(C2CCNC2)s1. The highest BCUT2D eigenvalue weighted by atomic mass is 32.1. The summed E-state index contributed by atoms with van der Waals surface area (Å²) in [6, 6.07) is 0. The summed E-state index contributed by atoms with van der Waals surface area (Å²) in [4.78, 5) is 5.70. The minimum atomic E-state index is 0.737. The number of hydrogen-bond acceptors (Lipinski definition) is 3. The molecular weight excluding hydrogens is 156 g/mol. The normalized spacial score (nSPS) is 24.3. The number of aryl methyl sites for hydroxylation is 1. The number of hydrogen-bond donors (Lipinski definition) is 1. The van der Waals surface area contributed by atoms with E-state index in [9.17, 15) is 0 Å². The molecule has 1 saturated heterocycles. The molecule has 1 atom stereocenters. The molecule has 1 N–H and O–H groups in total. The summed E-state index contributed by atoms with van der Waals surface area (Å²) >= 11 is 1.83. The van der Waals surface area contributed by atoms with E-state index < -0.39 is 0 Å². The van der Waals surface area contributed by atoms with Gasteiger partial charge in [0.2, 0.25) is 0 Å². The zero-order chi connectivity index (χ0) is 7.68. The Bertz CT molecular complexity index is 238. The van der Waals surface area contributed by atoms with Crippen molar-refractivity contribution < 1.29 is 0 Å². The highest BCUT2D eigenvalue weighted by Gasteiger charge is 2.17. The Morgan fingerprint density at radius 2 is 2.64 bits per heavy atom. The number of rotatable bonds is 1. The van der Waals surface area contributed by atoms with Gasteiger partial charge < -0.3 is 5.32 Å². The van der Waals surface area contributed by atoms with Crippen LogP contribution in [0.1, 0.15) is 22.2 Å². The van der Waals surface area contributed by atoms with Crippen molar-refractivity contribution in [3.05, 3.63) is 16.1 Å². The summed E-state index contributed by atoms with van der Waals surface area (Å²) in [5.41, 5.74) is 0. The number of nitrogens with zero attached hydrogens (tertiary/aromatic N) is 1. The van der Waals surface area contributed by atoms with Crippen molar-refractivity contribution in [2.45, 2.75) is 19.3 Å². The van der Waals surface area contributed by atoms with Gasteiger partial charge in [0.1, 0.15) is 0 Å². The molecule has 0 bridgehead atoms. The highest BCUT2D eigenvalue weighted by molar-refractivity contribution is 7.11. The van der Waals surface area contributed by atoms with Crippen molar-refractivity contribution in [1.82, 2.24) is 10.3 Å². The fourth-order valence-corrected chi connectivity index (χ4v) is 2.38. The average Bonchev–Trinajstić information content (AvgIpc) is 2.55. The maximum absolute atomic E-state index is 4.25. The molecule has 1 fully saturated rings. The second-order valence-electron chi connectivity index (χ2n) is 2.97. The summed E-state index contributed by atoms with van der Waals surface area (Å²) < 4.78 is 0. The van der Waals surface area contributed by atoms with Crippen LogP contribution in [0.5, 0.6) is 0 Å². The van der Waals surface area contributed by atoms with Gasteiger partial charge in [-0.1, -0.05) is 0 Å². The van der Waals surface area contributed by atoms with Crippen molar-refractivity contribution in [3.63, 3.8) is 0 Å². The van der Waals surface area contributed by atoms with E-state index in [2.05, 4.69) is 17.2 Å². The zero-order valence-electron chi connectivity index (χ0n) is 6.63. The predicted octanol–water partition coefficient (Wildman–Crippen LogP) is 1.53. The van der Waals surface area contributed by atoms with Crippen molar-refractivity contribution in [1.29, 1.82) is 0 Å². The van der Waals surface area contributed by atoms with Gasteiger partial charge >= 0.3 is 0 Å². The molecule has 1 aliphatic heterocycles. The first kappa shape index (κ1) is 7.25. The molecule has 0 spiro atoms. The van der Waals surface area contributed by atoms with Gasteiger partial charge in [-0.3, -0.25) is 0 Å². The van der Waals surface area contributed by atoms with Crippen LogP contribution in [0.15, 0.2) is 6.20 Å². The van der Waals surface area contributed by atoms with Gasteiger partial charge in [-0.05, 0) is 19.9 Å². The van der Waals surface area contributed by atoms with Gasteiger partial charge in [-0.25, -0.2) is 4.98 Å². The number of nitrogens with one attached hydrogen (secondary N) is 1. The Kier molecular flexibility index (Phi) is 1.92. The third kappa shape index (κ3) is 1.44.